The normalized spacial score (nSPS) is 14.5. The van der Waals surface area contributed by atoms with Crippen molar-refractivity contribution in [3.63, 3.8) is 0 Å². The third kappa shape index (κ3) is 7.33. The van der Waals surface area contributed by atoms with Crippen LogP contribution in [0.15, 0.2) is 52.6 Å². The fraction of sp³-hybridized carbons (Fsp3) is 0.346. The number of alkyl halides is 7. The van der Waals surface area contributed by atoms with Crippen LogP contribution in [0.3, 0.4) is 0 Å². The Morgan fingerprint density at radius 2 is 1.74 bits per heavy atom. The monoisotopic (exact) mass is 618 g/mol. The van der Waals surface area contributed by atoms with Crippen LogP contribution in [0.25, 0.3) is 22.2 Å². The van der Waals surface area contributed by atoms with Crippen LogP contribution in [0, 0.1) is 5.82 Å². The SMILES string of the molecule is C[C@@H](C[C@H](F)Cn1ccc2cc(-c3ncc(CC(O)C(F)(F)F)cn3)c(F)cc2c1=O)Nc1cn[nH]c(=O)c1C(F)(F)F. The fourth-order valence-corrected chi connectivity index (χ4v) is 4.34. The van der Waals surface area contributed by atoms with Gasteiger partial charge in [0, 0.05) is 37.5 Å². The number of anilines is 1. The second-order valence-electron chi connectivity index (χ2n) is 9.73. The summed E-state index contributed by atoms with van der Waals surface area (Å²) >= 11 is 0. The summed E-state index contributed by atoms with van der Waals surface area (Å²) < 4.78 is 108. The molecule has 3 heterocycles. The number of fused-ring (bicyclic) bond motifs is 1. The number of aromatic nitrogens is 5. The second kappa shape index (κ2) is 12.1. The summed E-state index contributed by atoms with van der Waals surface area (Å²) in [5.74, 6) is -1.13. The Bertz CT molecular complexity index is 1720. The van der Waals surface area contributed by atoms with Gasteiger partial charge in [0.2, 0.25) is 0 Å². The number of aliphatic hydroxyl groups excluding tert-OH is 1. The van der Waals surface area contributed by atoms with Gasteiger partial charge >= 0.3 is 12.4 Å². The van der Waals surface area contributed by atoms with E-state index in [9.17, 15) is 49.8 Å². The molecule has 0 aliphatic rings. The van der Waals surface area contributed by atoms with Crippen molar-refractivity contribution in [1.29, 1.82) is 0 Å². The molecule has 4 aromatic rings. The molecule has 9 nitrogen and oxygen atoms in total. The summed E-state index contributed by atoms with van der Waals surface area (Å²) in [5, 5.41) is 16.7. The third-order valence-electron chi connectivity index (χ3n) is 6.36. The predicted octanol–water partition coefficient (Wildman–Crippen LogP) is 4.39. The smallest absolute Gasteiger partial charge is 0.383 e. The van der Waals surface area contributed by atoms with Crippen LogP contribution in [0.4, 0.5) is 40.8 Å². The van der Waals surface area contributed by atoms with Gasteiger partial charge in [-0.1, -0.05) is 0 Å². The van der Waals surface area contributed by atoms with E-state index in [1.807, 2.05) is 0 Å². The van der Waals surface area contributed by atoms with Gasteiger partial charge in [-0.2, -0.15) is 31.4 Å². The first-order valence-corrected chi connectivity index (χ1v) is 12.5. The fourth-order valence-electron chi connectivity index (χ4n) is 4.34. The summed E-state index contributed by atoms with van der Waals surface area (Å²) in [5.41, 5.74) is -4.59. The molecular formula is C26H22F8N6O3. The second-order valence-corrected chi connectivity index (χ2v) is 9.73. The highest BCUT2D eigenvalue weighted by atomic mass is 19.4. The van der Waals surface area contributed by atoms with E-state index in [0.29, 0.717) is 0 Å². The molecule has 17 heteroatoms. The van der Waals surface area contributed by atoms with E-state index in [-0.39, 0.29) is 34.1 Å². The number of pyridine rings is 1. The van der Waals surface area contributed by atoms with Gasteiger partial charge in [-0.3, -0.25) is 9.59 Å². The number of nitrogens with one attached hydrogen (secondary N) is 2. The van der Waals surface area contributed by atoms with Crippen LogP contribution in [0.1, 0.15) is 24.5 Å². The number of aliphatic hydroxyl groups is 1. The molecule has 0 amide bonds. The zero-order valence-corrected chi connectivity index (χ0v) is 22.0. The highest BCUT2D eigenvalue weighted by molar-refractivity contribution is 5.86. The molecule has 3 N–H and O–H groups in total. The van der Waals surface area contributed by atoms with Crippen LogP contribution in [-0.4, -0.2) is 54.3 Å². The summed E-state index contributed by atoms with van der Waals surface area (Å²) in [6.45, 7) is 0.860. The Morgan fingerprint density at radius 1 is 1.07 bits per heavy atom. The van der Waals surface area contributed by atoms with E-state index < -0.39 is 71.8 Å². The Labute approximate surface area is 236 Å². The largest absolute Gasteiger partial charge is 0.423 e. The molecule has 0 saturated heterocycles. The lowest BCUT2D eigenvalue weighted by Gasteiger charge is -2.20. The van der Waals surface area contributed by atoms with E-state index in [1.165, 1.54) is 25.3 Å². The lowest BCUT2D eigenvalue weighted by Crippen LogP contribution is -2.30. The zero-order chi connectivity index (χ0) is 31.7. The lowest BCUT2D eigenvalue weighted by atomic mass is 10.1. The zero-order valence-electron chi connectivity index (χ0n) is 22.0. The summed E-state index contributed by atoms with van der Waals surface area (Å²) in [7, 11) is 0. The lowest BCUT2D eigenvalue weighted by molar-refractivity contribution is -0.203. The Hall–Kier alpha value is -4.41. The van der Waals surface area contributed by atoms with Crippen LogP contribution < -0.4 is 16.4 Å². The topological polar surface area (TPSA) is 126 Å². The predicted molar refractivity (Wildman–Crippen MR) is 137 cm³/mol. The molecule has 0 saturated carbocycles. The highest BCUT2D eigenvalue weighted by Gasteiger charge is 2.38. The number of halogens is 8. The number of hydrogen-bond acceptors (Lipinski definition) is 7. The molecule has 0 aliphatic carbocycles. The summed E-state index contributed by atoms with van der Waals surface area (Å²) in [6.07, 6.45) is -11.4. The molecule has 3 aromatic heterocycles. The maximum Gasteiger partial charge on any atom is 0.423 e. The van der Waals surface area contributed by atoms with Crippen LogP contribution in [0.2, 0.25) is 0 Å². The van der Waals surface area contributed by atoms with Crippen LogP contribution in [-0.2, 0) is 19.1 Å². The van der Waals surface area contributed by atoms with Crippen molar-refractivity contribution in [3.05, 3.63) is 80.6 Å². The molecule has 1 aromatic carbocycles. The number of hydrogen-bond donors (Lipinski definition) is 3. The first-order valence-electron chi connectivity index (χ1n) is 12.5. The maximum absolute atomic E-state index is 15.0. The number of H-pyrrole nitrogens is 1. The molecule has 3 atom stereocenters. The van der Waals surface area contributed by atoms with Crippen molar-refractivity contribution in [2.24, 2.45) is 0 Å². The molecule has 0 fully saturated rings. The van der Waals surface area contributed by atoms with Crippen molar-refractivity contribution < 1.29 is 40.2 Å². The minimum atomic E-state index is -4.99. The van der Waals surface area contributed by atoms with Crippen molar-refractivity contribution in [1.82, 2.24) is 24.7 Å². The number of nitrogens with zero attached hydrogens (tertiary/aromatic N) is 4. The quantitative estimate of drug-likeness (QED) is 0.238. The van der Waals surface area contributed by atoms with Crippen LogP contribution in [0.5, 0.6) is 0 Å². The van der Waals surface area contributed by atoms with Crippen LogP contribution >= 0.6 is 0 Å². The molecule has 43 heavy (non-hydrogen) atoms. The minimum Gasteiger partial charge on any atom is -0.383 e. The molecule has 1 unspecified atom stereocenters. The maximum atomic E-state index is 15.0. The molecule has 230 valence electrons. The van der Waals surface area contributed by atoms with Gasteiger partial charge in [-0.15, -0.1) is 0 Å². The van der Waals surface area contributed by atoms with E-state index in [1.54, 1.807) is 5.10 Å². The van der Waals surface area contributed by atoms with Crippen molar-refractivity contribution in [2.75, 3.05) is 5.32 Å². The Kier molecular flexibility index (Phi) is 8.84. The Balaban J connectivity index is 1.48. The van der Waals surface area contributed by atoms with Gasteiger partial charge in [-0.05, 0) is 36.1 Å². The van der Waals surface area contributed by atoms with Crippen molar-refractivity contribution >= 4 is 16.5 Å². The van der Waals surface area contributed by atoms with Crippen molar-refractivity contribution in [3.8, 4) is 11.4 Å². The molecule has 0 spiro atoms. The Morgan fingerprint density at radius 3 is 2.37 bits per heavy atom. The molecule has 0 radical (unpaired) electrons. The number of aromatic amines is 1. The summed E-state index contributed by atoms with van der Waals surface area (Å²) in [6, 6.07) is 2.59. The number of rotatable bonds is 9. The molecule has 4 rings (SSSR count). The van der Waals surface area contributed by atoms with Gasteiger partial charge in [0.05, 0.1) is 29.4 Å². The van der Waals surface area contributed by atoms with E-state index >= 15 is 0 Å². The average Bonchev–Trinajstić information content (AvgIpc) is 2.89. The minimum absolute atomic E-state index is 0.0437. The first kappa shape index (κ1) is 31.5. The van der Waals surface area contributed by atoms with Gasteiger partial charge in [0.1, 0.15) is 17.6 Å². The third-order valence-corrected chi connectivity index (χ3v) is 6.36. The molecule has 0 aliphatic heterocycles. The standard InChI is InChI=1S/C26H22F8N6O3/c1-12(38-19-10-37-39-23(42)21(19)26(32,33)34)4-15(27)11-40-3-2-14-6-17(18(28)7-16(14)24(40)43)22-35-8-13(9-36-22)5-20(41)25(29,30)31/h2-3,6-10,12,15,20,41H,4-5,11H2,1H3,(H2,38,39,42)/t12-,15-,20?/m0/s1. The van der Waals surface area contributed by atoms with Gasteiger partial charge in [-0.25, -0.2) is 23.8 Å². The summed E-state index contributed by atoms with van der Waals surface area (Å²) in [4.78, 5) is 32.3. The highest BCUT2D eigenvalue weighted by Crippen LogP contribution is 2.32. The van der Waals surface area contributed by atoms with E-state index in [2.05, 4.69) is 20.4 Å². The van der Waals surface area contributed by atoms with Gasteiger partial charge in [0.15, 0.2) is 11.9 Å². The molecular weight excluding hydrogens is 596 g/mol. The van der Waals surface area contributed by atoms with Crippen molar-refractivity contribution in [2.45, 2.75) is 57.0 Å². The molecule has 0 bridgehead atoms. The average molecular weight is 618 g/mol. The van der Waals surface area contributed by atoms with E-state index in [0.717, 1.165) is 29.2 Å². The van der Waals surface area contributed by atoms with E-state index in [4.69, 9.17) is 0 Å². The first-order chi connectivity index (χ1) is 20.0. The number of benzene rings is 1. The van der Waals surface area contributed by atoms with Gasteiger partial charge in [0.25, 0.3) is 11.1 Å². The van der Waals surface area contributed by atoms with Gasteiger partial charge < -0.3 is 15.0 Å².